The fourth-order valence-corrected chi connectivity index (χ4v) is 7.32. The third-order valence-corrected chi connectivity index (χ3v) is 9.04. The summed E-state index contributed by atoms with van der Waals surface area (Å²) < 4.78 is 8.63. The summed E-state index contributed by atoms with van der Waals surface area (Å²) in [6, 6.07) is 41.4. The Balaban J connectivity index is 1.37. The lowest BCUT2D eigenvalue weighted by Crippen LogP contribution is -1.96. The van der Waals surface area contributed by atoms with Gasteiger partial charge < -0.3 is 8.98 Å². The number of hydrogen-bond donors (Lipinski definition) is 0. The first-order valence-corrected chi connectivity index (χ1v) is 14.7. The Labute approximate surface area is 249 Å². The molecule has 1 aliphatic rings. The predicted molar refractivity (Wildman–Crippen MR) is 183 cm³/mol. The summed E-state index contributed by atoms with van der Waals surface area (Å²) in [4.78, 5) is 0. The summed E-state index contributed by atoms with van der Waals surface area (Å²) in [6.07, 6.45) is 6.31. The molecule has 0 amide bonds. The zero-order chi connectivity index (χ0) is 28.7. The second kappa shape index (κ2) is 8.95. The summed E-state index contributed by atoms with van der Waals surface area (Å²) in [7, 11) is 0. The normalized spacial score (nSPS) is 13.1. The third kappa shape index (κ3) is 3.29. The molecule has 0 atom stereocenters. The minimum atomic E-state index is 0.905. The molecule has 0 radical (unpaired) electrons. The van der Waals surface area contributed by atoms with E-state index in [9.17, 15) is 0 Å². The smallest absolute Gasteiger partial charge is 0.136 e. The molecule has 202 valence electrons. The Morgan fingerprint density at radius 3 is 2.12 bits per heavy atom. The Bertz CT molecular complexity index is 2530. The average molecular weight is 550 g/mol. The quantitative estimate of drug-likeness (QED) is 0.200. The first kappa shape index (κ1) is 24.0. The Morgan fingerprint density at radius 2 is 1.28 bits per heavy atom. The first-order valence-electron chi connectivity index (χ1n) is 14.7. The molecule has 6 aromatic carbocycles. The van der Waals surface area contributed by atoms with Crippen LogP contribution in [-0.4, -0.2) is 4.57 Å². The Morgan fingerprint density at radius 1 is 0.605 bits per heavy atom. The van der Waals surface area contributed by atoms with E-state index in [4.69, 9.17) is 4.42 Å². The van der Waals surface area contributed by atoms with Gasteiger partial charge in [-0.1, -0.05) is 104 Å². The minimum Gasteiger partial charge on any atom is -0.456 e. The number of nitrogens with zero attached hydrogens (tertiary/aromatic N) is 1. The topological polar surface area (TPSA) is 18.1 Å². The van der Waals surface area contributed by atoms with Crippen LogP contribution in [0.25, 0.3) is 88.0 Å². The molecule has 2 aromatic heterocycles. The molecular weight excluding hydrogens is 522 g/mol. The molecule has 0 saturated heterocycles. The maximum absolute atomic E-state index is 6.22. The molecular formula is C41H27NO. The molecule has 8 aromatic rings. The van der Waals surface area contributed by atoms with E-state index in [1.165, 1.54) is 60.4 Å². The zero-order valence-corrected chi connectivity index (χ0v) is 23.8. The van der Waals surface area contributed by atoms with Crippen LogP contribution in [0.15, 0.2) is 144 Å². The number of fused-ring (bicyclic) bond motifs is 6. The van der Waals surface area contributed by atoms with Gasteiger partial charge in [-0.2, -0.15) is 0 Å². The van der Waals surface area contributed by atoms with Gasteiger partial charge in [0.25, 0.3) is 0 Å². The van der Waals surface area contributed by atoms with Crippen LogP contribution in [-0.2, 0) is 0 Å². The zero-order valence-electron chi connectivity index (χ0n) is 23.8. The van der Waals surface area contributed by atoms with E-state index >= 15 is 0 Å². The molecule has 0 unspecified atom stereocenters. The number of para-hydroxylation sites is 1. The highest BCUT2D eigenvalue weighted by Crippen LogP contribution is 2.49. The number of benzene rings is 6. The van der Waals surface area contributed by atoms with Crippen molar-refractivity contribution in [3.63, 3.8) is 0 Å². The summed E-state index contributed by atoms with van der Waals surface area (Å²) >= 11 is 0. The Hall–Kier alpha value is -5.60. The lowest BCUT2D eigenvalue weighted by molar-refractivity contribution is 0.669. The highest BCUT2D eigenvalue weighted by molar-refractivity contribution is 6.30. The number of allylic oxidation sites excluding steroid dienone is 5. The summed E-state index contributed by atoms with van der Waals surface area (Å²) in [6.45, 7) is 6.32. The molecule has 0 spiro atoms. The van der Waals surface area contributed by atoms with Gasteiger partial charge in [0.2, 0.25) is 0 Å². The number of hydrogen-bond acceptors (Lipinski definition) is 1. The van der Waals surface area contributed by atoms with Crippen molar-refractivity contribution in [2.75, 3.05) is 0 Å². The van der Waals surface area contributed by atoms with Crippen LogP contribution in [0.1, 0.15) is 12.5 Å². The van der Waals surface area contributed by atoms with E-state index in [1.807, 2.05) is 18.2 Å². The van der Waals surface area contributed by atoms with E-state index < -0.39 is 0 Å². The molecule has 0 bridgehead atoms. The molecule has 0 fully saturated rings. The largest absolute Gasteiger partial charge is 0.456 e. The molecule has 0 aliphatic heterocycles. The van der Waals surface area contributed by atoms with Gasteiger partial charge in [-0.15, -0.1) is 0 Å². The van der Waals surface area contributed by atoms with Crippen molar-refractivity contribution >= 4 is 65.8 Å². The lowest BCUT2D eigenvalue weighted by Gasteiger charge is -2.15. The van der Waals surface area contributed by atoms with Crippen molar-refractivity contribution in [2.45, 2.75) is 6.92 Å². The van der Waals surface area contributed by atoms with Gasteiger partial charge in [0.15, 0.2) is 0 Å². The van der Waals surface area contributed by atoms with Crippen LogP contribution in [0.4, 0.5) is 0 Å². The Kier molecular flexibility index (Phi) is 5.00. The standard InChI is InChI=1S/C41H27NO/c1-3-11-27(24-25(2)28-16-10-21-37-39(28)33-15-6-7-20-36(33)43-37)42-34-19-9-18-32-30-14-5-4-13-29(30)31-17-8-12-26-22-23-35(42)41(38(26)31)40(32)34/h3-24H,1H2,2H3/b25-24+,27-11+. The van der Waals surface area contributed by atoms with Crippen molar-refractivity contribution in [3.05, 3.63) is 146 Å². The molecule has 0 saturated carbocycles. The minimum absolute atomic E-state index is 0.905. The maximum Gasteiger partial charge on any atom is 0.136 e. The van der Waals surface area contributed by atoms with E-state index in [0.717, 1.165) is 33.2 Å². The van der Waals surface area contributed by atoms with Gasteiger partial charge in [0.05, 0.1) is 11.0 Å². The highest BCUT2D eigenvalue weighted by Gasteiger charge is 2.24. The van der Waals surface area contributed by atoms with Gasteiger partial charge in [0.1, 0.15) is 11.2 Å². The van der Waals surface area contributed by atoms with E-state index in [1.54, 1.807) is 0 Å². The monoisotopic (exact) mass is 549 g/mol. The fourth-order valence-electron chi connectivity index (χ4n) is 7.32. The molecule has 2 nitrogen and oxygen atoms in total. The lowest BCUT2D eigenvalue weighted by atomic mass is 9.93. The van der Waals surface area contributed by atoms with E-state index in [2.05, 4.69) is 133 Å². The SMILES string of the molecule is C=C/C=C(\C=C(/C)c1cccc2oc3ccccc3c12)n1c2cccc3c2c2c4c(cccc4ccc21)-c1ccccc1-3. The van der Waals surface area contributed by atoms with Crippen LogP contribution in [0.2, 0.25) is 0 Å². The number of aromatic nitrogens is 1. The number of furan rings is 1. The second-order valence-corrected chi connectivity index (χ2v) is 11.4. The van der Waals surface area contributed by atoms with Gasteiger partial charge in [-0.05, 0) is 87.5 Å². The predicted octanol–water partition coefficient (Wildman–Crippen LogP) is 11.6. The van der Waals surface area contributed by atoms with Gasteiger partial charge in [0, 0.05) is 27.2 Å². The van der Waals surface area contributed by atoms with Crippen LogP contribution < -0.4 is 0 Å². The molecule has 0 N–H and O–H groups in total. The third-order valence-electron chi connectivity index (χ3n) is 9.04. The van der Waals surface area contributed by atoms with Crippen molar-refractivity contribution in [1.82, 2.24) is 4.57 Å². The van der Waals surface area contributed by atoms with Crippen molar-refractivity contribution < 1.29 is 4.42 Å². The first-order chi connectivity index (χ1) is 21.2. The molecule has 1 aliphatic carbocycles. The van der Waals surface area contributed by atoms with Crippen LogP contribution in [0, 0.1) is 0 Å². The summed E-state index contributed by atoms with van der Waals surface area (Å²) in [5, 5.41) is 7.46. The van der Waals surface area contributed by atoms with Crippen LogP contribution in [0.3, 0.4) is 0 Å². The van der Waals surface area contributed by atoms with Gasteiger partial charge >= 0.3 is 0 Å². The average Bonchev–Trinajstić information content (AvgIpc) is 3.56. The molecule has 9 rings (SSSR count). The fraction of sp³-hybridized carbons (Fsp3) is 0.0244. The van der Waals surface area contributed by atoms with Gasteiger partial charge in [-0.25, -0.2) is 0 Å². The second-order valence-electron chi connectivity index (χ2n) is 11.4. The van der Waals surface area contributed by atoms with E-state index in [-0.39, 0.29) is 0 Å². The summed E-state index contributed by atoms with van der Waals surface area (Å²) in [5.74, 6) is 0. The molecule has 2 heterocycles. The number of rotatable bonds is 4. The highest BCUT2D eigenvalue weighted by atomic mass is 16.3. The van der Waals surface area contributed by atoms with Crippen molar-refractivity contribution in [1.29, 1.82) is 0 Å². The van der Waals surface area contributed by atoms with Crippen molar-refractivity contribution in [2.24, 2.45) is 0 Å². The van der Waals surface area contributed by atoms with Crippen LogP contribution >= 0.6 is 0 Å². The molecule has 43 heavy (non-hydrogen) atoms. The molecule has 2 heteroatoms. The van der Waals surface area contributed by atoms with E-state index in [0.29, 0.717) is 0 Å². The van der Waals surface area contributed by atoms with Gasteiger partial charge in [-0.3, -0.25) is 0 Å². The summed E-state index contributed by atoms with van der Waals surface area (Å²) in [5.41, 5.74) is 12.7. The maximum atomic E-state index is 6.22. The van der Waals surface area contributed by atoms with Crippen molar-refractivity contribution in [3.8, 4) is 22.3 Å². The van der Waals surface area contributed by atoms with Crippen LogP contribution in [0.5, 0.6) is 0 Å².